The van der Waals surface area contributed by atoms with Gasteiger partial charge in [-0.3, -0.25) is 4.79 Å². The quantitative estimate of drug-likeness (QED) is 0.518. The Morgan fingerprint density at radius 1 is 1.28 bits per heavy atom. The average molecular weight is 451 g/mol. The van der Waals surface area contributed by atoms with Gasteiger partial charge >= 0.3 is 5.97 Å². The number of esters is 1. The molecule has 29 heavy (non-hydrogen) atoms. The molecule has 1 aliphatic carbocycles. The number of H-pyrrole nitrogens is 1. The molecule has 1 N–H and O–H groups in total. The van der Waals surface area contributed by atoms with Crippen LogP contribution >= 0.6 is 34.5 Å². The van der Waals surface area contributed by atoms with Crippen LogP contribution in [0.25, 0.3) is 10.2 Å². The molecule has 4 rings (SSSR count). The molecule has 0 spiro atoms. The molecular weight excluding hydrogens is 431 g/mol. The summed E-state index contributed by atoms with van der Waals surface area (Å²) < 4.78 is 5.68. The first-order valence-electron chi connectivity index (χ1n) is 9.59. The number of hydrogen-bond acceptors (Lipinski definition) is 5. The molecule has 2 heterocycles. The molecule has 1 aromatic carbocycles. The molecule has 1 fully saturated rings. The van der Waals surface area contributed by atoms with Gasteiger partial charge in [0.05, 0.1) is 5.39 Å². The van der Waals surface area contributed by atoms with E-state index in [1.165, 1.54) is 17.8 Å². The lowest BCUT2D eigenvalue weighted by atomic mass is 9.98. The second-order valence-corrected chi connectivity index (χ2v) is 9.17. The summed E-state index contributed by atoms with van der Waals surface area (Å²) in [5.41, 5.74) is 1.17. The van der Waals surface area contributed by atoms with Crippen LogP contribution < -0.4 is 5.56 Å². The Morgan fingerprint density at radius 2 is 2.03 bits per heavy atom. The van der Waals surface area contributed by atoms with Crippen LogP contribution in [0.15, 0.2) is 23.0 Å². The lowest BCUT2D eigenvalue weighted by Gasteiger charge is -2.21. The van der Waals surface area contributed by atoms with Crippen molar-refractivity contribution in [2.24, 2.45) is 0 Å². The van der Waals surface area contributed by atoms with E-state index in [1.807, 2.05) is 6.07 Å². The van der Waals surface area contributed by atoms with Gasteiger partial charge in [-0.2, -0.15) is 0 Å². The molecule has 0 unspecified atom stereocenters. The van der Waals surface area contributed by atoms with Gasteiger partial charge in [0.1, 0.15) is 21.6 Å². The monoisotopic (exact) mass is 450 g/mol. The fourth-order valence-corrected chi connectivity index (χ4v) is 5.26. The highest BCUT2D eigenvalue weighted by Gasteiger charge is 2.24. The van der Waals surface area contributed by atoms with E-state index in [1.54, 1.807) is 19.1 Å². The van der Waals surface area contributed by atoms with E-state index < -0.39 is 0 Å². The van der Waals surface area contributed by atoms with Crippen LogP contribution in [0.2, 0.25) is 10.0 Å². The molecule has 0 saturated heterocycles. The molecule has 152 valence electrons. The van der Waals surface area contributed by atoms with Crippen LogP contribution in [0.1, 0.15) is 58.7 Å². The number of fused-ring (bicyclic) bond motifs is 1. The number of hydrogen-bond donors (Lipinski definition) is 1. The van der Waals surface area contributed by atoms with E-state index in [0.29, 0.717) is 42.9 Å². The average Bonchev–Trinajstić information content (AvgIpc) is 3.02. The van der Waals surface area contributed by atoms with Crippen molar-refractivity contribution in [1.82, 2.24) is 9.97 Å². The zero-order valence-electron chi connectivity index (χ0n) is 15.9. The van der Waals surface area contributed by atoms with Crippen molar-refractivity contribution < 1.29 is 9.53 Å². The molecule has 0 radical (unpaired) electrons. The van der Waals surface area contributed by atoms with Gasteiger partial charge in [0.2, 0.25) is 0 Å². The predicted octanol–water partition coefficient (Wildman–Crippen LogP) is 5.68. The van der Waals surface area contributed by atoms with Gasteiger partial charge in [-0.05, 0) is 55.9 Å². The van der Waals surface area contributed by atoms with E-state index in [-0.39, 0.29) is 17.6 Å². The van der Waals surface area contributed by atoms with Crippen LogP contribution in [0.3, 0.4) is 0 Å². The minimum absolute atomic E-state index is 0.0327. The van der Waals surface area contributed by atoms with Gasteiger partial charge in [-0.1, -0.05) is 35.7 Å². The van der Waals surface area contributed by atoms with Gasteiger partial charge in [0.15, 0.2) is 0 Å². The number of thiophene rings is 1. The lowest BCUT2D eigenvalue weighted by molar-refractivity contribution is 0.0216. The number of benzene rings is 1. The number of nitrogens with one attached hydrogen (secondary N) is 1. The Hall–Kier alpha value is -1.89. The zero-order valence-corrected chi connectivity index (χ0v) is 18.2. The molecule has 1 saturated carbocycles. The number of aromatic amines is 1. The number of aryl methyl sites for hydroxylation is 1. The Labute approximate surface area is 182 Å². The van der Waals surface area contributed by atoms with Crippen molar-refractivity contribution >= 4 is 50.7 Å². The number of ether oxygens (including phenoxy) is 1. The summed E-state index contributed by atoms with van der Waals surface area (Å²) in [6.45, 7) is 1.77. The number of carbonyl (C=O) groups is 1. The van der Waals surface area contributed by atoms with Crippen molar-refractivity contribution in [3.63, 3.8) is 0 Å². The van der Waals surface area contributed by atoms with Crippen molar-refractivity contribution in [1.29, 1.82) is 0 Å². The summed E-state index contributed by atoms with van der Waals surface area (Å²) in [5.74, 6) is 0.124. The lowest BCUT2D eigenvalue weighted by Crippen LogP contribution is -2.20. The standard InChI is InChI=1S/C21H20Cl2N2O3S/c1-11-17-19(26)24-16(9-12-7-8-13(22)10-15(12)23)25-20(17)29-18(11)21(27)28-14-5-3-2-4-6-14/h7-8,10,14H,2-6,9H2,1H3,(H,24,25,26). The number of carbonyl (C=O) groups excluding carboxylic acids is 1. The van der Waals surface area contributed by atoms with E-state index in [0.717, 1.165) is 31.2 Å². The van der Waals surface area contributed by atoms with Gasteiger partial charge in [-0.15, -0.1) is 11.3 Å². The number of halogens is 2. The van der Waals surface area contributed by atoms with Gasteiger partial charge in [0, 0.05) is 16.5 Å². The zero-order chi connectivity index (χ0) is 20.5. The first-order chi connectivity index (χ1) is 13.9. The number of nitrogens with zero attached hydrogens (tertiary/aromatic N) is 1. The molecule has 5 nitrogen and oxygen atoms in total. The molecule has 0 aliphatic heterocycles. The van der Waals surface area contributed by atoms with Crippen molar-refractivity contribution in [2.75, 3.05) is 0 Å². The van der Waals surface area contributed by atoms with Gasteiger partial charge < -0.3 is 9.72 Å². The fraction of sp³-hybridized carbons (Fsp3) is 0.381. The molecule has 0 amide bonds. The van der Waals surface area contributed by atoms with E-state index >= 15 is 0 Å². The summed E-state index contributed by atoms with van der Waals surface area (Å²) in [4.78, 5) is 33.7. The molecular formula is C21H20Cl2N2O3S. The topological polar surface area (TPSA) is 72.0 Å². The van der Waals surface area contributed by atoms with Crippen LogP contribution in [0.5, 0.6) is 0 Å². The highest BCUT2D eigenvalue weighted by atomic mass is 35.5. The maximum absolute atomic E-state index is 12.7. The van der Waals surface area contributed by atoms with Gasteiger partial charge in [0.25, 0.3) is 5.56 Å². The molecule has 0 bridgehead atoms. The van der Waals surface area contributed by atoms with Gasteiger partial charge in [-0.25, -0.2) is 9.78 Å². The third-order valence-electron chi connectivity index (χ3n) is 5.23. The van der Waals surface area contributed by atoms with Crippen LogP contribution in [0, 0.1) is 6.92 Å². The van der Waals surface area contributed by atoms with Crippen LogP contribution in [0.4, 0.5) is 0 Å². The number of aromatic nitrogens is 2. The van der Waals surface area contributed by atoms with Crippen LogP contribution in [-0.4, -0.2) is 22.0 Å². The first-order valence-corrected chi connectivity index (χ1v) is 11.2. The Morgan fingerprint density at radius 3 is 2.76 bits per heavy atom. The molecule has 1 aliphatic rings. The first kappa shape index (κ1) is 20.4. The SMILES string of the molecule is Cc1c(C(=O)OC2CCCCC2)sc2nc(Cc3ccc(Cl)cc3Cl)[nH]c(=O)c12. The molecule has 8 heteroatoms. The summed E-state index contributed by atoms with van der Waals surface area (Å²) >= 11 is 13.4. The van der Waals surface area contributed by atoms with E-state index in [4.69, 9.17) is 27.9 Å². The maximum atomic E-state index is 12.7. The predicted molar refractivity (Wildman–Crippen MR) is 117 cm³/mol. The normalized spacial score (nSPS) is 15.0. The summed E-state index contributed by atoms with van der Waals surface area (Å²) in [7, 11) is 0. The minimum atomic E-state index is -0.362. The summed E-state index contributed by atoms with van der Waals surface area (Å²) in [5, 5.41) is 1.50. The maximum Gasteiger partial charge on any atom is 0.348 e. The minimum Gasteiger partial charge on any atom is -0.458 e. The summed E-state index contributed by atoms with van der Waals surface area (Å²) in [6.07, 6.45) is 5.49. The van der Waals surface area contributed by atoms with Crippen molar-refractivity contribution in [2.45, 2.75) is 51.6 Å². The largest absolute Gasteiger partial charge is 0.458 e. The van der Waals surface area contributed by atoms with Crippen molar-refractivity contribution in [3.8, 4) is 0 Å². The third-order valence-corrected chi connectivity index (χ3v) is 6.99. The van der Waals surface area contributed by atoms with E-state index in [2.05, 4.69) is 9.97 Å². The molecule has 2 aromatic heterocycles. The second-order valence-electron chi connectivity index (χ2n) is 7.33. The Balaban J connectivity index is 1.63. The fourth-order valence-electron chi connectivity index (χ4n) is 3.70. The summed E-state index contributed by atoms with van der Waals surface area (Å²) in [6, 6.07) is 5.21. The molecule has 3 aromatic rings. The van der Waals surface area contributed by atoms with E-state index in [9.17, 15) is 9.59 Å². The number of rotatable bonds is 4. The Kier molecular flexibility index (Phi) is 5.95. The second kappa shape index (κ2) is 8.46. The van der Waals surface area contributed by atoms with Crippen LogP contribution in [-0.2, 0) is 11.2 Å². The highest BCUT2D eigenvalue weighted by molar-refractivity contribution is 7.20. The van der Waals surface area contributed by atoms with Crippen molar-refractivity contribution in [3.05, 3.63) is 60.4 Å². The smallest absolute Gasteiger partial charge is 0.348 e. The molecule has 0 atom stereocenters. The Bertz CT molecular complexity index is 1130. The third kappa shape index (κ3) is 4.34. The highest BCUT2D eigenvalue weighted by Crippen LogP contribution is 2.30.